The number of hydrogen-bond acceptors (Lipinski definition) is 4. The van der Waals surface area contributed by atoms with Crippen LogP contribution in [0.4, 0.5) is 0 Å². The van der Waals surface area contributed by atoms with Gasteiger partial charge in [0.15, 0.2) is 0 Å². The molecule has 0 unspecified atom stereocenters. The minimum Gasteiger partial charge on any atom is -0.481 e. The molecule has 1 fully saturated rings. The summed E-state index contributed by atoms with van der Waals surface area (Å²) in [5.41, 5.74) is 3.51. The van der Waals surface area contributed by atoms with Crippen molar-refractivity contribution in [3.8, 4) is 0 Å². The van der Waals surface area contributed by atoms with Gasteiger partial charge in [-0.2, -0.15) is 0 Å². The number of alkyl halides is 1. The topological polar surface area (TPSA) is 99.1 Å². The molecule has 1 heterocycles. The molecular formula is C32H40IN3O4. The van der Waals surface area contributed by atoms with Crippen molar-refractivity contribution in [1.29, 1.82) is 0 Å². The number of halogens is 1. The highest BCUT2D eigenvalue weighted by Crippen LogP contribution is 2.48. The Hall–Kier alpha value is -2.75. The molecule has 214 valence electrons. The molecule has 1 saturated carbocycles. The number of benzene rings is 2. The van der Waals surface area contributed by atoms with Crippen LogP contribution in [0.25, 0.3) is 0 Å². The van der Waals surface area contributed by atoms with Crippen LogP contribution in [0.5, 0.6) is 0 Å². The Morgan fingerprint density at radius 2 is 1.85 bits per heavy atom. The molecule has 2 aliphatic rings. The summed E-state index contributed by atoms with van der Waals surface area (Å²) in [6.07, 6.45) is 5.35. The summed E-state index contributed by atoms with van der Waals surface area (Å²) >= 11 is 2.34. The minimum atomic E-state index is -0.952. The molecule has 1 aliphatic carbocycles. The summed E-state index contributed by atoms with van der Waals surface area (Å²) in [5.74, 6) is -0.0313. The Balaban J connectivity index is 1.67. The van der Waals surface area contributed by atoms with Crippen molar-refractivity contribution in [2.24, 2.45) is 16.8 Å². The molecule has 2 N–H and O–H groups in total. The van der Waals surface area contributed by atoms with E-state index in [-0.39, 0.29) is 30.8 Å². The van der Waals surface area contributed by atoms with Crippen LogP contribution in [-0.4, -0.2) is 45.7 Å². The normalized spacial score (nSPS) is 21.5. The van der Waals surface area contributed by atoms with Crippen molar-refractivity contribution in [3.63, 3.8) is 0 Å². The largest absolute Gasteiger partial charge is 0.481 e. The van der Waals surface area contributed by atoms with E-state index in [2.05, 4.69) is 65.7 Å². The summed E-state index contributed by atoms with van der Waals surface area (Å²) < 4.78 is 0.868. The zero-order valence-corrected chi connectivity index (χ0v) is 25.8. The second kappa shape index (κ2) is 13.3. The quantitative estimate of drug-likeness (QED) is 0.212. The van der Waals surface area contributed by atoms with Crippen molar-refractivity contribution in [3.05, 3.63) is 70.8 Å². The first-order chi connectivity index (χ1) is 19.2. The Morgan fingerprint density at radius 1 is 1.15 bits per heavy atom. The minimum absolute atomic E-state index is 0.0115. The molecule has 0 saturated heterocycles. The molecule has 1 spiro atoms. The first-order valence-corrected chi connectivity index (χ1v) is 15.9. The predicted octanol–water partition coefficient (Wildman–Crippen LogP) is 6.54. The maximum absolute atomic E-state index is 14.3. The lowest BCUT2D eigenvalue weighted by Crippen LogP contribution is -2.51. The van der Waals surface area contributed by atoms with Gasteiger partial charge in [-0.25, -0.2) is 0 Å². The van der Waals surface area contributed by atoms with E-state index in [0.717, 1.165) is 54.1 Å². The van der Waals surface area contributed by atoms with Crippen LogP contribution in [-0.2, 0) is 14.0 Å². The van der Waals surface area contributed by atoms with Crippen molar-refractivity contribution >= 4 is 46.1 Å². The van der Waals surface area contributed by atoms with Crippen molar-refractivity contribution in [2.75, 3.05) is 6.54 Å². The molecular weight excluding hydrogens is 617 g/mol. The first-order valence-electron chi connectivity index (χ1n) is 14.4. The number of rotatable bonds is 11. The fraction of sp³-hybridized carbons (Fsp3) is 0.500. The van der Waals surface area contributed by atoms with Gasteiger partial charge in [0.2, 0.25) is 0 Å². The maximum atomic E-state index is 14.3. The summed E-state index contributed by atoms with van der Waals surface area (Å²) in [4.78, 5) is 45.0. The average Bonchev–Trinajstić information content (AvgIpc) is 3.22. The fourth-order valence-electron chi connectivity index (χ4n) is 6.12. The predicted molar refractivity (Wildman–Crippen MR) is 166 cm³/mol. The Labute approximate surface area is 251 Å². The van der Waals surface area contributed by atoms with E-state index in [4.69, 9.17) is 10.1 Å². The molecule has 2 amide bonds. The molecule has 2 aromatic carbocycles. The molecule has 7 nitrogen and oxygen atoms in total. The summed E-state index contributed by atoms with van der Waals surface area (Å²) in [5, 5.41) is 11.5. The third-order valence-electron chi connectivity index (χ3n) is 8.37. The number of nitrogens with one attached hydrogen (secondary N) is 1. The number of nitrogens with zero attached hydrogens (tertiary/aromatic N) is 2. The lowest BCUT2D eigenvalue weighted by Gasteiger charge is -2.46. The molecule has 1 atom stereocenters. The molecule has 4 rings (SSSR count). The standard InChI is InChI=1S/C32H40IN3O4/c1-4-6-27(24-9-11-25(12-10-24)30(39)34-18-15-28(37)38)36-31(40)29(26-8-5-7-22(19-26)20-33)35-32(36)16-13-23(14-17-32)21(2)3/h5,7-12,19,21,23,27H,4,6,13-18,20H2,1-3H3,(H,34,39)(H,37,38)/t23?,27-,32?/m1/s1. The SMILES string of the molecule is CCC[C@H](c1ccc(C(=O)NCCC(=O)O)cc1)N1C(=O)C(c2cccc(CI)c2)=NC12CCC(C(C)C)CC2. The molecule has 40 heavy (non-hydrogen) atoms. The number of carbonyl (C=O) groups excluding carboxylic acids is 2. The van der Waals surface area contributed by atoms with Crippen molar-refractivity contribution < 1.29 is 19.5 Å². The fourth-order valence-corrected chi connectivity index (χ4v) is 6.59. The van der Waals surface area contributed by atoms with Gasteiger partial charge in [-0.15, -0.1) is 0 Å². The van der Waals surface area contributed by atoms with Gasteiger partial charge in [0, 0.05) is 22.1 Å². The average molecular weight is 658 g/mol. The van der Waals surface area contributed by atoms with E-state index in [1.165, 1.54) is 5.56 Å². The molecule has 2 aromatic rings. The first kappa shape index (κ1) is 30.2. The zero-order valence-electron chi connectivity index (χ0n) is 23.7. The second-order valence-electron chi connectivity index (χ2n) is 11.4. The third-order valence-corrected chi connectivity index (χ3v) is 9.25. The van der Waals surface area contributed by atoms with E-state index >= 15 is 0 Å². The van der Waals surface area contributed by atoms with Gasteiger partial charge < -0.3 is 15.3 Å². The van der Waals surface area contributed by atoms with Gasteiger partial charge in [0.25, 0.3) is 11.8 Å². The van der Waals surface area contributed by atoms with E-state index in [0.29, 0.717) is 23.1 Å². The molecule has 1 aliphatic heterocycles. The molecule has 0 radical (unpaired) electrons. The number of aliphatic imine (C=N–C) groups is 1. The summed E-state index contributed by atoms with van der Waals surface area (Å²) in [6.45, 7) is 6.77. The summed E-state index contributed by atoms with van der Waals surface area (Å²) in [7, 11) is 0. The number of carboxylic acid groups (broad SMARTS) is 1. The van der Waals surface area contributed by atoms with Crippen LogP contribution in [0.2, 0.25) is 0 Å². The highest BCUT2D eigenvalue weighted by Gasteiger charge is 2.51. The highest BCUT2D eigenvalue weighted by atomic mass is 127. The van der Waals surface area contributed by atoms with E-state index in [9.17, 15) is 14.4 Å². The van der Waals surface area contributed by atoms with Crippen molar-refractivity contribution in [1.82, 2.24) is 10.2 Å². The number of amides is 2. The lowest BCUT2D eigenvalue weighted by molar-refractivity contribution is -0.137. The van der Waals surface area contributed by atoms with E-state index in [1.807, 2.05) is 24.3 Å². The van der Waals surface area contributed by atoms with Gasteiger partial charge >= 0.3 is 5.97 Å². The van der Waals surface area contributed by atoms with Gasteiger partial charge in [-0.1, -0.05) is 80.1 Å². The number of carboxylic acids is 1. The van der Waals surface area contributed by atoms with Crippen LogP contribution in [0.3, 0.4) is 0 Å². The van der Waals surface area contributed by atoms with Gasteiger partial charge in [0.05, 0.1) is 12.5 Å². The number of aliphatic carboxylic acids is 1. The number of carbonyl (C=O) groups is 3. The maximum Gasteiger partial charge on any atom is 0.305 e. The number of hydrogen-bond donors (Lipinski definition) is 2. The van der Waals surface area contributed by atoms with Gasteiger partial charge in [0.1, 0.15) is 11.4 Å². The van der Waals surface area contributed by atoms with Crippen LogP contribution >= 0.6 is 22.6 Å². The molecule has 0 aromatic heterocycles. The van der Waals surface area contributed by atoms with Crippen LogP contribution in [0, 0.1) is 11.8 Å². The highest BCUT2D eigenvalue weighted by molar-refractivity contribution is 14.1. The van der Waals surface area contributed by atoms with E-state index < -0.39 is 11.6 Å². The second-order valence-corrected chi connectivity index (χ2v) is 12.1. The van der Waals surface area contributed by atoms with E-state index in [1.54, 1.807) is 12.1 Å². The van der Waals surface area contributed by atoms with Gasteiger partial charge in [-0.3, -0.25) is 19.4 Å². The van der Waals surface area contributed by atoms with Gasteiger partial charge in [-0.05, 0) is 73.3 Å². The van der Waals surface area contributed by atoms with Crippen molar-refractivity contribution in [2.45, 2.75) is 81.8 Å². The Bertz CT molecular complexity index is 1250. The van der Waals surface area contributed by atoms with Crippen LogP contribution in [0.1, 0.15) is 98.8 Å². The van der Waals surface area contributed by atoms with Crippen LogP contribution in [0.15, 0.2) is 53.5 Å². The zero-order chi connectivity index (χ0) is 28.9. The van der Waals surface area contributed by atoms with Crippen LogP contribution < -0.4 is 5.32 Å². The summed E-state index contributed by atoms with van der Waals surface area (Å²) in [6, 6.07) is 15.4. The molecule has 8 heteroatoms. The molecule has 0 bridgehead atoms. The Kier molecular flexibility index (Phi) is 10.0. The Morgan fingerprint density at radius 3 is 2.45 bits per heavy atom. The lowest BCUT2D eigenvalue weighted by atomic mass is 9.76. The monoisotopic (exact) mass is 657 g/mol. The smallest absolute Gasteiger partial charge is 0.305 e. The third kappa shape index (κ3) is 6.58.